The second-order valence-electron chi connectivity index (χ2n) is 13.0. The van der Waals surface area contributed by atoms with E-state index in [1.165, 1.54) is 27.3 Å². The molecule has 1 aliphatic heterocycles. The minimum atomic E-state index is -0.0476. The Morgan fingerprint density at radius 1 is 0.723 bits per heavy atom. The molecule has 0 spiro atoms. The standard InChI is InChI=1S/C40H46N6O/c41-36(23-30-16-18-32-11-4-6-13-34(32)21-30)26-45-27-38(24-29-9-2-1-3-10-29)46(28-37(45)15-8-20-44-40(42)43)39(47)25-31-17-19-33-12-5-7-14-35(33)22-31/h1-7,9-14,16-19,21-22,36-38H,8,15,20,23-28,41H2,(H4,42,43,44)/t36-,37+,38-/m1/s1. The maximum absolute atomic E-state index is 14.2. The summed E-state index contributed by atoms with van der Waals surface area (Å²) in [5.41, 5.74) is 21.7. The Labute approximate surface area is 278 Å². The highest BCUT2D eigenvalue weighted by Gasteiger charge is 2.36. The first-order chi connectivity index (χ1) is 22.9. The number of fused-ring (bicyclic) bond motifs is 2. The van der Waals surface area contributed by atoms with Gasteiger partial charge in [-0.25, -0.2) is 0 Å². The molecule has 0 aromatic heterocycles. The Kier molecular flexibility index (Phi) is 10.5. The van der Waals surface area contributed by atoms with Gasteiger partial charge < -0.3 is 22.1 Å². The number of amides is 1. The van der Waals surface area contributed by atoms with Crippen LogP contribution in [0.1, 0.15) is 29.5 Å². The molecule has 7 heteroatoms. The molecule has 1 saturated heterocycles. The van der Waals surface area contributed by atoms with Crippen molar-refractivity contribution in [2.24, 2.45) is 22.2 Å². The molecule has 0 saturated carbocycles. The SMILES string of the molecule is NC(N)=NCCC[C@H]1CN(C(=O)Cc2ccc3ccccc3c2)[C@H](Cc2ccccc2)CN1C[C@H](N)Cc1ccc2ccccc2c1. The number of guanidine groups is 1. The predicted molar refractivity (Wildman–Crippen MR) is 194 cm³/mol. The van der Waals surface area contributed by atoms with Crippen LogP contribution in [0.15, 0.2) is 120 Å². The zero-order valence-electron chi connectivity index (χ0n) is 27.0. The molecule has 0 radical (unpaired) electrons. The summed E-state index contributed by atoms with van der Waals surface area (Å²) in [6.45, 7) is 2.72. The van der Waals surface area contributed by atoms with Crippen molar-refractivity contribution in [1.29, 1.82) is 0 Å². The summed E-state index contributed by atoms with van der Waals surface area (Å²) in [7, 11) is 0. The highest BCUT2D eigenvalue weighted by atomic mass is 16.2. The Balaban J connectivity index is 1.22. The van der Waals surface area contributed by atoms with Gasteiger partial charge >= 0.3 is 0 Å². The van der Waals surface area contributed by atoms with Crippen LogP contribution in [0.4, 0.5) is 0 Å². The highest BCUT2D eigenvalue weighted by Crippen LogP contribution is 2.25. The van der Waals surface area contributed by atoms with Gasteiger partial charge in [-0.2, -0.15) is 0 Å². The Morgan fingerprint density at radius 3 is 2.02 bits per heavy atom. The van der Waals surface area contributed by atoms with Gasteiger partial charge in [0, 0.05) is 44.3 Å². The molecule has 1 heterocycles. The van der Waals surface area contributed by atoms with Crippen LogP contribution in [0.2, 0.25) is 0 Å². The van der Waals surface area contributed by atoms with E-state index in [4.69, 9.17) is 17.2 Å². The Morgan fingerprint density at radius 2 is 1.34 bits per heavy atom. The number of carbonyl (C=O) groups is 1. The lowest BCUT2D eigenvalue weighted by molar-refractivity contribution is -0.137. The van der Waals surface area contributed by atoms with Gasteiger partial charge in [-0.3, -0.25) is 14.7 Å². The van der Waals surface area contributed by atoms with E-state index in [2.05, 4.69) is 112 Å². The van der Waals surface area contributed by atoms with Crippen LogP contribution in [0.5, 0.6) is 0 Å². The molecule has 0 unspecified atom stereocenters. The van der Waals surface area contributed by atoms with E-state index in [1.54, 1.807) is 0 Å². The molecule has 3 atom stereocenters. The summed E-state index contributed by atoms with van der Waals surface area (Å²) in [6, 6.07) is 40.3. The molecule has 242 valence electrons. The van der Waals surface area contributed by atoms with Crippen LogP contribution in [0, 0.1) is 0 Å². The van der Waals surface area contributed by atoms with Gasteiger partial charge in [0.05, 0.1) is 6.42 Å². The second-order valence-corrected chi connectivity index (χ2v) is 13.0. The summed E-state index contributed by atoms with van der Waals surface area (Å²) in [6.07, 6.45) is 3.65. The summed E-state index contributed by atoms with van der Waals surface area (Å²) in [4.78, 5) is 23.1. The van der Waals surface area contributed by atoms with E-state index in [0.717, 1.165) is 49.7 Å². The third-order valence-corrected chi connectivity index (χ3v) is 9.38. The zero-order valence-corrected chi connectivity index (χ0v) is 27.0. The molecule has 5 aromatic carbocycles. The summed E-state index contributed by atoms with van der Waals surface area (Å²) in [5.74, 6) is 0.272. The van der Waals surface area contributed by atoms with Crippen molar-refractivity contribution in [1.82, 2.24) is 9.80 Å². The molecule has 5 aromatic rings. The number of carbonyl (C=O) groups excluding carboxylic acids is 1. The Bertz CT molecular complexity index is 1820. The van der Waals surface area contributed by atoms with Crippen molar-refractivity contribution < 1.29 is 4.79 Å². The van der Waals surface area contributed by atoms with Crippen LogP contribution in [0.25, 0.3) is 21.5 Å². The molecular weight excluding hydrogens is 580 g/mol. The number of hydrogen-bond donors (Lipinski definition) is 3. The first-order valence-corrected chi connectivity index (χ1v) is 16.7. The molecule has 0 bridgehead atoms. The molecular formula is C40H46N6O. The number of nitrogens with two attached hydrogens (primary N) is 3. The maximum atomic E-state index is 14.2. The number of hydrogen-bond acceptors (Lipinski definition) is 4. The van der Waals surface area contributed by atoms with E-state index in [-0.39, 0.29) is 30.0 Å². The monoisotopic (exact) mass is 626 g/mol. The second kappa shape index (κ2) is 15.2. The van der Waals surface area contributed by atoms with Gasteiger partial charge in [0.15, 0.2) is 5.96 Å². The molecule has 6 rings (SSSR count). The highest BCUT2D eigenvalue weighted by molar-refractivity contribution is 5.86. The normalized spacial score (nSPS) is 17.5. The third-order valence-electron chi connectivity index (χ3n) is 9.38. The minimum absolute atomic E-state index is 0.0344. The predicted octanol–water partition coefficient (Wildman–Crippen LogP) is 5.28. The summed E-state index contributed by atoms with van der Waals surface area (Å²) >= 11 is 0. The third kappa shape index (κ3) is 8.56. The lowest BCUT2D eigenvalue weighted by Gasteiger charge is -2.47. The number of benzene rings is 5. The molecule has 47 heavy (non-hydrogen) atoms. The van der Waals surface area contributed by atoms with Gasteiger partial charge in [-0.1, -0.05) is 115 Å². The van der Waals surface area contributed by atoms with Gasteiger partial charge in [0.2, 0.25) is 5.91 Å². The van der Waals surface area contributed by atoms with Crippen molar-refractivity contribution >= 4 is 33.4 Å². The largest absolute Gasteiger partial charge is 0.370 e. The molecule has 1 amide bonds. The average molecular weight is 627 g/mol. The maximum Gasteiger partial charge on any atom is 0.227 e. The fraction of sp³-hybridized carbons (Fsp3) is 0.300. The van der Waals surface area contributed by atoms with Crippen molar-refractivity contribution in [3.63, 3.8) is 0 Å². The van der Waals surface area contributed by atoms with Gasteiger partial charge in [-0.15, -0.1) is 0 Å². The van der Waals surface area contributed by atoms with Gasteiger partial charge in [-0.05, 0) is 63.9 Å². The van der Waals surface area contributed by atoms with E-state index in [9.17, 15) is 4.79 Å². The molecule has 1 fully saturated rings. The van der Waals surface area contributed by atoms with E-state index >= 15 is 0 Å². The van der Waals surface area contributed by atoms with E-state index in [0.29, 0.717) is 19.5 Å². The quantitative estimate of drug-likeness (QED) is 0.0991. The van der Waals surface area contributed by atoms with Crippen molar-refractivity contribution in [3.8, 4) is 0 Å². The summed E-state index contributed by atoms with van der Waals surface area (Å²) < 4.78 is 0. The van der Waals surface area contributed by atoms with E-state index < -0.39 is 0 Å². The fourth-order valence-corrected chi connectivity index (χ4v) is 7.07. The topological polar surface area (TPSA) is 114 Å². The number of aliphatic imine (C=N–C) groups is 1. The van der Waals surface area contributed by atoms with Crippen LogP contribution in [-0.2, 0) is 24.1 Å². The van der Waals surface area contributed by atoms with Gasteiger partial charge in [0.1, 0.15) is 0 Å². The lowest BCUT2D eigenvalue weighted by atomic mass is 9.94. The van der Waals surface area contributed by atoms with Crippen LogP contribution < -0.4 is 17.2 Å². The van der Waals surface area contributed by atoms with Crippen LogP contribution in [-0.4, -0.2) is 66.0 Å². The van der Waals surface area contributed by atoms with Crippen molar-refractivity contribution in [2.75, 3.05) is 26.2 Å². The lowest BCUT2D eigenvalue weighted by Crippen LogP contribution is -2.62. The Hall–Kier alpha value is -4.72. The fourth-order valence-electron chi connectivity index (χ4n) is 7.07. The van der Waals surface area contributed by atoms with E-state index in [1.807, 2.05) is 18.2 Å². The molecule has 0 aliphatic carbocycles. The first-order valence-electron chi connectivity index (χ1n) is 16.7. The van der Waals surface area contributed by atoms with Crippen LogP contribution >= 0.6 is 0 Å². The average Bonchev–Trinajstić information content (AvgIpc) is 3.07. The molecule has 7 nitrogen and oxygen atoms in total. The smallest absolute Gasteiger partial charge is 0.227 e. The molecule has 6 N–H and O–H groups in total. The summed E-state index contributed by atoms with van der Waals surface area (Å²) in [5, 5.41) is 4.80. The number of nitrogens with zero attached hydrogens (tertiary/aromatic N) is 3. The van der Waals surface area contributed by atoms with Crippen LogP contribution in [0.3, 0.4) is 0 Å². The van der Waals surface area contributed by atoms with Crippen molar-refractivity contribution in [2.45, 2.75) is 50.2 Å². The minimum Gasteiger partial charge on any atom is -0.370 e. The number of piperazine rings is 1. The van der Waals surface area contributed by atoms with Crippen molar-refractivity contribution in [3.05, 3.63) is 132 Å². The van der Waals surface area contributed by atoms with Gasteiger partial charge in [0.25, 0.3) is 0 Å². The first kappa shape index (κ1) is 32.2. The molecule has 1 aliphatic rings. The zero-order chi connectivity index (χ0) is 32.6. The number of rotatable bonds is 12.